The summed E-state index contributed by atoms with van der Waals surface area (Å²) in [6, 6.07) is 3.86. The summed E-state index contributed by atoms with van der Waals surface area (Å²) in [5.41, 5.74) is 1.83. The molecule has 1 aliphatic carbocycles. The Morgan fingerprint density at radius 1 is 1.37 bits per heavy atom. The first-order valence-electron chi connectivity index (χ1n) is 6.76. The van der Waals surface area contributed by atoms with Crippen LogP contribution in [-0.4, -0.2) is 11.1 Å². The van der Waals surface area contributed by atoms with E-state index in [1.807, 2.05) is 12.1 Å². The molecule has 0 heterocycles. The molecule has 0 spiro atoms. The molecule has 4 heteroatoms. The lowest BCUT2D eigenvalue weighted by molar-refractivity contribution is -0.138. The van der Waals surface area contributed by atoms with Gasteiger partial charge in [-0.25, -0.2) is 0 Å². The van der Waals surface area contributed by atoms with Crippen molar-refractivity contribution in [2.24, 2.45) is 0 Å². The van der Waals surface area contributed by atoms with Crippen molar-refractivity contribution >= 4 is 30.2 Å². The second-order valence-corrected chi connectivity index (χ2v) is 6.13. The summed E-state index contributed by atoms with van der Waals surface area (Å²) in [5.74, 6) is -0.927. The molecule has 1 fully saturated rings. The number of rotatable bonds is 3. The number of hydrogen-bond acceptors (Lipinski definition) is 2. The Bertz CT molecular complexity index is 481. The van der Waals surface area contributed by atoms with Crippen LogP contribution in [-0.2, 0) is 4.79 Å². The third-order valence-electron chi connectivity index (χ3n) is 4.06. The molecule has 1 aromatic rings. The van der Waals surface area contributed by atoms with Crippen molar-refractivity contribution in [3.8, 4) is 0 Å². The van der Waals surface area contributed by atoms with E-state index in [9.17, 15) is 4.79 Å². The fraction of sp³-hybridized carbons (Fsp3) is 0.533. The SMILES string of the molecule is CC(C(=O)O)c1ccc(C2CCCCC2)c(Cl)c1S. The quantitative estimate of drug-likeness (QED) is 0.782. The monoisotopic (exact) mass is 298 g/mol. The molecule has 0 bridgehead atoms. The van der Waals surface area contributed by atoms with Crippen molar-refractivity contribution < 1.29 is 9.90 Å². The molecule has 1 aliphatic rings. The van der Waals surface area contributed by atoms with Crippen LogP contribution in [0.25, 0.3) is 0 Å². The van der Waals surface area contributed by atoms with E-state index in [1.54, 1.807) is 6.92 Å². The zero-order valence-corrected chi connectivity index (χ0v) is 12.7. The van der Waals surface area contributed by atoms with Gasteiger partial charge in [-0.1, -0.05) is 43.0 Å². The Morgan fingerprint density at radius 3 is 2.58 bits per heavy atom. The highest BCUT2D eigenvalue weighted by Crippen LogP contribution is 2.40. The molecule has 2 nitrogen and oxygen atoms in total. The molecule has 1 N–H and O–H groups in total. The average molecular weight is 299 g/mol. The van der Waals surface area contributed by atoms with E-state index in [0.29, 0.717) is 21.4 Å². The molecule has 1 aromatic carbocycles. The Labute approximate surface area is 124 Å². The van der Waals surface area contributed by atoms with Gasteiger partial charge in [-0.3, -0.25) is 4.79 Å². The van der Waals surface area contributed by atoms with Crippen LogP contribution < -0.4 is 0 Å². The summed E-state index contributed by atoms with van der Waals surface area (Å²) < 4.78 is 0. The van der Waals surface area contributed by atoms with E-state index in [0.717, 1.165) is 5.56 Å². The molecule has 1 unspecified atom stereocenters. The summed E-state index contributed by atoms with van der Waals surface area (Å²) in [6.45, 7) is 1.66. The summed E-state index contributed by atoms with van der Waals surface area (Å²) in [4.78, 5) is 11.7. The highest BCUT2D eigenvalue weighted by molar-refractivity contribution is 7.80. The van der Waals surface area contributed by atoms with Crippen molar-refractivity contribution in [3.63, 3.8) is 0 Å². The van der Waals surface area contributed by atoms with Crippen LogP contribution in [0.5, 0.6) is 0 Å². The number of carboxylic acid groups (broad SMARTS) is 1. The molecule has 0 amide bonds. The first-order valence-corrected chi connectivity index (χ1v) is 7.59. The van der Waals surface area contributed by atoms with E-state index in [4.69, 9.17) is 16.7 Å². The second kappa shape index (κ2) is 6.19. The van der Waals surface area contributed by atoms with Crippen LogP contribution in [0.2, 0.25) is 5.02 Å². The Balaban J connectivity index is 2.33. The number of benzene rings is 1. The van der Waals surface area contributed by atoms with Crippen LogP contribution in [0, 0.1) is 0 Å². The highest BCUT2D eigenvalue weighted by Gasteiger charge is 2.23. The third-order valence-corrected chi connectivity index (χ3v) is 5.08. The number of thiol groups is 1. The number of hydrogen-bond donors (Lipinski definition) is 2. The van der Waals surface area contributed by atoms with Gasteiger partial charge in [0.25, 0.3) is 0 Å². The highest BCUT2D eigenvalue weighted by atomic mass is 35.5. The second-order valence-electron chi connectivity index (χ2n) is 5.30. The lowest BCUT2D eigenvalue weighted by Crippen LogP contribution is -2.10. The maximum atomic E-state index is 11.1. The van der Waals surface area contributed by atoms with Crippen molar-refractivity contribution in [1.29, 1.82) is 0 Å². The van der Waals surface area contributed by atoms with Crippen LogP contribution in [0.4, 0.5) is 0 Å². The summed E-state index contributed by atoms with van der Waals surface area (Å²) in [6.07, 6.45) is 6.13. The Kier molecular flexibility index (Phi) is 4.80. The van der Waals surface area contributed by atoms with Crippen LogP contribution in [0.1, 0.15) is 62.0 Å². The molecule has 2 rings (SSSR count). The Morgan fingerprint density at radius 2 is 2.00 bits per heavy atom. The summed E-state index contributed by atoms with van der Waals surface area (Å²) in [5, 5.41) is 9.73. The van der Waals surface area contributed by atoms with E-state index in [-0.39, 0.29) is 0 Å². The van der Waals surface area contributed by atoms with Gasteiger partial charge in [0.1, 0.15) is 0 Å². The van der Waals surface area contributed by atoms with Crippen LogP contribution >= 0.6 is 24.2 Å². The summed E-state index contributed by atoms with van der Waals surface area (Å²) in [7, 11) is 0. The minimum Gasteiger partial charge on any atom is -0.481 e. The standard InChI is InChI=1S/C15H19ClO2S/c1-9(15(17)18)11-7-8-12(13(16)14(11)19)10-5-3-2-4-6-10/h7-10,19H,2-6H2,1H3,(H,17,18). The molecule has 0 saturated heterocycles. The van der Waals surface area contributed by atoms with Gasteiger partial charge >= 0.3 is 5.97 Å². The molecule has 1 saturated carbocycles. The van der Waals surface area contributed by atoms with E-state index in [1.165, 1.54) is 32.1 Å². The minimum absolute atomic E-state index is 0.501. The van der Waals surface area contributed by atoms with E-state index in [2.05, 4.69) is 12.6 Å². The number of carbonyl (C=O) groups is 1. The molecule has 1 atom stereocenters. The normalized spacial score (nSPS) is 18.3. The van der Waals surface area contributed by atoms with E-state index < -0.39 is 11.9 Å². The van der Waals surface area contributed by atoms with Crippen LogP contribution in [0.15, 0.2) is 17.0 Å². The number of aliphatic carboxylic acids is 1. The zero-order valence-electron chi connectivity index (χ0n) is 11.0. The minimum atomic E-state index is -0.850. The van der Waals surface area contributed by atoms with Crippen molar-refractivity contribution in [2.75, 3.05) is 0 Å². The van der Waals surface area contributed by atoms with Crippen molar-refractivity contribution in [2.45, 2.75) is 55.8 Å². The van der Waals surface area contributed by atoms with Gasteiger partial charge in [0, 0.05) is 4.90 Å². The Hall–Kier alpha value is -0.670. The smallest absolute Gasteiger partial charge is 0.310 e. The molecule has 19 heavy (non-hydrogen) atoms. The molecule has 0 aliphatic heterocycles. The maximum Gasteiger partial charge on any atom is 0.310 e. The van der Waals surface area contributed by atoms with Crippen molar-refractivity contribution in [3.05, 3.63) is 28.3 Å². The van der Waals surface area contributed by atoms with Gasteiger partial charge in [-0.15, -0.1) is 12.6 Å². The third kappa shape index (κ3) is 3.09. The number of carboxylic acids is 1. The van der Waals surface area contributed by atoms with Gasteiger partial charge in [0.05, 0.1) is 10.9 Å². The number of halogens is 1. The lowest BCUT2D eigenvalue weighted by Gasteiger charge is -2.24. The van der Waals surface area contributed by atoms with Gasteiger partial charge in [0.2, 0.25) is 0 Å². The molecule has 0 radical (unpaired) electrons. The first kappa shape index (κ1) is 14.7. The zero-order chi connectivity index (χ0) is 14.0. The maximum absolute atomic E-state index is 11.1. The fourth-order valence-corrected chi connectivity index (χ4v) is 3.53. The first-order chi connectivity index (χ1) is 9.02. The summed E-state index contributed by atoms with van der Waals surface area (Å²) >= 11 is 10.9. The predicted molar refractivity (Wildman–Crippen MR) is 80.6 cm³/mol. The van der Waals surface area contributed by atoms with Gasteiger partial charge < -0.3 is 5.11 Å². The average Bonchev–Trinajstić information content (AvgIpc) is 2.42. The van der Waals surface area contributed by atoms with Gasteiger partial charge in [-0.05, 0) is 36.8 Å². The van der Waals surface area contributed by atoms with Gasteiger partial charge in [-0.2, -0.15) is 0 Å². The van der Waals surface area contributed by atoms with Crippen molar-refractivity contribution in [1.82, 2.24) is 0 Å². The largest absolute Gasteiger partial charge is 0.481 e. The fourth-order valence-electron chi connectivity index (χ4n) is 2.81. The predicted octanol–water partition coefficient (Wildman–Crippen LogP) is 4.86. The molecule has 0 aromatic heterocycles. The molecular weight excluding hydrogens is 280 g/mol. The molecule has 104 valence electrons. The van der Waals surface area contributed by atoms with Crippen LogP contribution in [0.3, 0.4) is 0 Å². The molecular formula is C15H19ClO2S. The van der Waals surface area contributed by atoms with E-state index >= 15 is 0 Å². The lowest BCUT2D eigenvalue weighted by atomic mass is 9.83. The van der Waals surface area contributed by atoms with Gasteiger partial charge in [0.15, 0.2) is 0 Å². The topological polar surface area (TPSA) is 37.3 Å².